The van der Waals surface area contributed by atoms with Crippen LogP contribution in [0.25, 0.3) is 11.3 Å². The average Bonchev–Trinajstić information content (AvgIpc) is 3.38. The van der Waals surface area contributed by atoms with Gasteiger partial charge < -0.3 is 24.7 Å². The van der Waals surface area contributed by atoms with E-state index in [-0.39, 0.29) is 29.6 Å². The molecule has 0 unspecified atom stereocenters. The molecule has 2 N–H and O–H groups in total. The number of ether oxygens (including phenoxy) is 1. The van der Waals surface area contributed by atoms with E-state index in [1.54, 1.807) is 18.2 Å². The molecule has 2 aromatic carbocycles. The summed E-state index contributed by atoms with van der Waals surface area (Å²) in [6.45, 7) is 1.71. The number of nitrogens with one attached hydrogen (secondary N) is 2. The second kappa shape index (κ2) is 11.5. The zero-order valence-electron chi connectivity index (χ0n) is 21.2. The van der Waals surface area contributed by atoms with E-state index in [0.717, 1.165) is 57.3 Å². The molecule has 1 aromatic heterocycles. The van der Waals surface area contributed by atoms with Gasteiger partial charge in [0.15, 0.2) is 5.76 Å². The van der Waals surface area contributed by atoms with Crippen LogP contribution in [0, 0.1) is 10.1 Å². The van der Waals surface area contributed by atoms with Crippen LogP contribution in [0.5, 0.6) is 5.75 Å². The normalized spacial score (nSPS) is 21.9. The molecule has 0 amide bonds. The Kier molecular flexibility index (Phi) is 7.92. The molecule has 39 heavy (non-hydrogen) atoms. The minimum Gasteiger partial charge on any atom is -0.424 e. The van der Waals surface area contributed by atoms with Crippen molar-refractivity contribution < 1.29 is 27.2 Å². The topological polar surface area (TPSA) is 106 Å². The van der Waals surface area contributed by atoms with Crippen molar-refractivity contribution in [3.63, 3.8) is 0 Å². The first kappa shape index (κ1) is 26.8. The Morgan fingerprint density at radius 3 is 2.56 bits per heavy atom. The lowest BCUT2D eigenvalue weighted by atomic mass is 9.89. The second-order valence-corrected chi connectivity index (χ2v) is 9.97. The van der Waals surface area contributed by atoms with Crippen LogP contribution in [0.15, 0.2) is 59.1 Å². The van der Waals surface area contributed by atoms with Gasteiger partial charge in [0.05, 0.1) is 11.1 Å². The number of oxazole rings is 1. The van der Waals surface area contributed by atoms with Gasteiger partial charge in [0.1, 0.15) is 5.75 Å². The SMILES string of the molecule is O=[N+]([O-])c1ccc(N2CCC[C@H](N[C@@H]3CCCC[C@H]3Nc3ncc(-c4cccc(OC(F)(F)F)c4)o3)C2)cc1. The number of piperidine rings is 1. The molecular weight excluding hydrogens is 515 g/mol. The van der Waals surface area contributed by atoms with Crippen molar-refractivity contribution in [1.82, 2.24) is 10.3 Å². The van der Waals surface area contributed by atoms with Gasteiger partial charge >= 0.3 is 6.36 Å². The van der Waals surface area contributed by atoms with Crippen molar-refractivity contribution in [2.24, 2.45) is 0 Å². The van der Waals surface area contributed by atoms with E-state index >= 15 is 0 Å². The molecule has 3 atom stereocenters. The maximum Gasteiger partial charge on any atom is 0.573 e. The number of rotatable bonds is 8. The number of alkyl halides is 3. The van der Waals surface area contributed by atoms with Crippen molar-refractivity contribution in [1.29, 1.82) is 0 Å². The summed E-state index contributed by atoms with van der Waals surface area (Å²) >= 11 is 0. The predicted molar refractivity (Wildman–Crippen MR) is 140 cm³/mol. The zero-order chi connectivity index (χ0) is 27.4. The maximum atomic E-state index is 12.6. The van der Waals surface area contributed by atoms with Crippen molar-refractivity contribution in [2.75, 3.05) is 23.3 Å². The smallest absolute Gasteiger partial charge is 0.424 e. The summed E-state index contributed by atoms with van der Waals surface area (Å²) in [6, 6.07) is 13.2. The molecule has 1 aliphatic heterocycles. The summed E-state index contributed by atoms with van der Waals surface area (Å²) in [7, 11) is 0. The third kappa shape index (κ3) is 6.99. The van der Waals surface area contributed by atoms with E-state index in [1.807, 2.05) is 0 Å². The Morgan fingerprint density at radius 2 is 1.82 bits per heavy atom. The van der Waals surface area contributed by atoms with Gasteiger partial charge in [-0.1, -0.05) is 25.0 Å². The van der Waals surface area contributed by atoms with Gasteiger partial charge in [0.2, 0.25) is 0 Å². The Balaban J connectivity index is 1.21. The molecular formula is C27H30F3N5O4. The molecule has 3 aromatic rings. The molecule has 0 radical (unpaired) electrons. The molecule has 5 rings (SSSR count). The van der Waals surface area contributed by atoms with Crippen molar-refractivity contribution in [2.45, 2.75) is 63.0 Å². The molecule has 1 aliphatic carbocycles. The van der Waals surface area contributed by atoms with Crippen LogP contribution < -0.4 is 20.3 Å². The van der Waals surface area contributed by atoms with Gasteiger partial charge in [0.25, 0.3) is 11.7 Å². The van der Waals surface area contributed by atoms with Crippen LogP contribution in [0.2, 0.25) is 0 Å². The van der Waals surface area contributed by atoms with Crippen LogP contribution in [-0.4, -0.2) is 47.5 Å². The minimum absolute atomic E-state index is 0.0820. The first-order valence-corrected chi connectivity index (χ1v) is 13.1. The van der Waals surface area contributed by atoms with E-state index in [2.05, 4.69) is 25.3 Å². The third-order valence-corrected chi connectivity index (χ3v) is 7.23. The molecule has 0 bridgehead atoms. The lowest BCUT2D eigenvalue weighted by Gasteiger charge is -2.40. The second-order valence-electron chi connectivity index (χ2n) is 9.97. The maximum absolute atomic E-state index is 12.6. The molecule has 208 valence electrons. The summed E-state index contributed by atoms with van der Waals surface area (Å²) < 4.78 is 47.7. The molecule has 1 saturated carbocycles. The fourth-order valence-corrected chi connectivity index (χ4v) is 5.42. The first-order chi connectivity index (χ1) is 18.7. The summed E-state index contributed by atoms with van der Waals surface area (Å²) in [5, 5.41) is 18.2. The summed E-state index contributed by atoms with van der Waals surface area (Å²) in [5.74, 6) is 0.0224. The van der Waals surface area contributed by atoms with Crippen molar-refractivity contribution >= 4 is 17.4 Å². The Bertz CT molecular complexity index is 1270. The fourth-order valence-electron chi connectivity index (χ4n) is 5.42. The van der Waals surface area contributed by atoms with Gasteiger partial charge in [-0.25, -0.2) is 4.98 Å². The Hall–Kier alpha value is -3.80. The van der Waals surface area contributed by atoms with Crippen molar-refractivity contribution in [3.05, 3.63) is 64.8 Å². The quantitative estimate of drug-likeness (QED) is 0.257. The minimum atomic E-state index is -4.77. The molecule has 0 spiro atoms. The number of aromatic nitrogens is 1. The monoisotopic (exact) mass is 545 g/mol. The largest absolute Gasteiger partial charge is 0.573 e. The zero-order valence-corrected chi connectivity index (χ0v) is 21.2. The lowest BCUT2D eigenvalue weighted by Crippen LogP contribution is -2.54. The third-order valence-electron chi connectivity index (χ3n) is 7.23. The Morgan fingerprint density at radius 1 is 1.05 bits per heavy atom. The van der Waals surface area contributed by atoms with Crippen LogP contribution in [0.4, 0.5) is 30.6 Å². The highest BCUT2D eigenvalue weighted by Crippen LogP contribution is 2.31. The van der Waals surface area contributed by atoms with Crippen LogP contribution in [0.3, 0.4) is 0 Å². The predicted octanol–water partition coefficient (Wildman–Crippen LogP) is 6.13. The highest BCUT2D eigenvalue weighted by molar-refractivity contribution is 5.60. The number of anilines is 2. The molecule has 2 aliphatic rings. The average molecular weight is 546 g/mol. The number of hydrogen-bond acceptors (Lipinski definition) is 8. The number of nitrogens with zero attached hydrogens (tertiary/aromatic N) is 3. The molecule has 2 fully saturated rings. The number of nitro benzene ring substituents is 1. The first-order valence-electron chi connectivity index (χ1n) is 13.1. The van der Waals surface area contributed by atoms with Crippen LogP contribution >= 0.6 is 0 Å². The van der Waals surface area contributed by atoms with E-state index < -0.39 is 11.3 Å². The number of benzene rings is 2. The number of halogens is 3. The number of non-ortho nitro benzene ring substituents is 1. The van der Waals surface area contributed by atoms with Gasteiger partial charge in [-0.15, -0.1) is 13.2 Å². The van der Waals surface area contributed by atoms with E-state index in [4.69, 9.17) is 4.42 Å². The van der Waals surface area contributed by atoms with E-state index in [9.17, 15) is 23.3 Å². The Labute approximate surface area is 223 Å². The van der Waals surface area contributed by atoms with E-state index in [0.29, 0.717) is 17.3 Å². The molecule has 1 saturated heterocycles. The fraction of sp³-hybridized carbons (Fsp3) is 0.444. The van der Waals surface area contributed by atoms with E-state index in [1.165, 1.54) is 36.5 Å². The highest BCUT2D eigenvalue weighted by atomic mass is 19.4. The van der Waals surface area contributed by atoms with Crippen LogP contribution in [-0.2, 0) is 0 Å². The van der Waals surface area contributed by atoms with Gasteiger partial charge in [-0.2, -0.15) is 0 Å². The van der Waals surface area contributed by atoms with Gasteiger partial charge in [0, 0.05) is 54.6 Å². The summed E-state index contributed by atoms with van der Waals surface area (Å²) in [5.41, 5.74) is 1.49. The number of nitro groups is 1. The standard InChI is InChI=1S/C27H30F3N5O4/c28-27(29,30)39-22-7-3-5-18(15-22)25-16-31-26(38-25)33-24-9-2-1-8-23(24)32-19-6-4-14-34(17-19)20-10-12-21(13-11-20)35(36)37/h3,5,7,10-13,15-16,19,23-24,32H,1-2,4,6,8-9,14,17H2,(H,31,33)/t19-,23+,24+/m0/s1. The molecule has 12 heteroatoms. The van der Waals surface area contributed by atoms with Crippen molar-refractivity contribution in [3.8, 4) is 17.1 Å². The number of hydrogen-bond donors (Lipinski definition) is 2. The summed E-state index contributed by atoms with van der Waals surface area (Å²) in [4.78, 5) is 17.2. The van der Waals surface area contributed by atoms with Crippen LogP contribution in [0.1, 0.15) is 38.5 Å². The highest BCUT2D eigenvalue weighted by Gasteiger charge is 2.32. The van der Waals surface area contributed by atoms with Gasteiger partial charge in [-0.3, -0.25) is 10.1 Å². The lowest BCUT2D eigenvalue weighted by molar-refractivity contribution is -0.384. The summed E-state index contributed by atoms with van der Waals surface area (Å²) in [6.07, 6.45) is 2.87. The molecule has 2 heterocycles. The molecule has 9 nitrogen and oxygen atoms in total. The van der Waals surface area contributed by atoms with Gasteiger partial charge in [-0.05, 0) is 49.9 Å².